The van der Waals surface area contributed by atoms with Crippen LogP contribution in [0.4, 0.5) is 11.4 Å². The molecule has 8 heteroatoms. The first-order valence-corrected chi connectivity index (χ1v) is 9.14. The average Bonchev–Trinajstić information content (AvgIpc) is 2.65. The zero-order valence-electron chi connectivity index (χ0n) is 14.2. The van der Waals surface area contributed by atoms with Crippen molar-refractivity contribution in [2.75, 3.05) is 44.7 Å². The zero-order chi connectivity index (χ0) is 18.4. The van der Waals surface area contributed by atoms with Gasteiger partial charge in [-0.15, -0.1) is 0 Å². The Morgan fingerprint density at radius 1 is 1.19 bits per heavy atom. The van der Waals surface area contributed by atoms with Gasteiger partial charge >= 0.3 is 0 Å². The summed E-state index contributed by atoms with van der Waals surface area (Å²) < 4.78 is 5.31. The van der Waals surface area contributed by atoms with Crippen molar-refractivity contribution in [3.8, 4) is 0 Å². The minimum Gasteiger partial charge on any atom is -0.379 e. The van der Waals surface area contributed by atoms with E-state index in [1.165, 1.54) is 0 Å². The second-order valence-electron chi connectivity index (χ2n) is 5.89. The Morgan fingerprint density at radius 2 is 2.00 bits per heavy atom. The van der Waals surface area contributed by atoms with Gasteiger partial charge in [0.05, 0.1) is 23.9 Å². The van der Waals surface area contributed by atoms with Gasteiger partial charge in [0.1, 0.15) is 5.69 Å². The van der Waals surface area contributed by atoms with Crippen LogP contribution in [0.15, 0.2) is 36.5 Å². The molecule has 1 aliphatic heterocycles. The van der Waals surface area contributed by atoms with Crippen molar-refractivity contribution in [3.63, 3.8) is 0 Å². The number of halogens is 2. The number of hydrogen-bond acceptors (Lipinski definition) is 5. The fraction of sp³-hybridized carbons (Fsp3) is 0.333. The Hall–Kier alpha value is -1.86. The molecule has 1 saturated heterocycles. The van der Waals surface area contributed by atoms with Crippen molar-refractivity contribution in [2.24, 2.45) is 0 Å². The number of carbonyl (C=O) groups is 1. The lowest BCUT2D eigenvalue weighted by Crippen LogP contribution is -2.41. The van der Waals surface area contributed by atoms with Crippen LogP contribution in [0.25, 0.3) is 0 Å². The van der Waals surface area contributed by atoms with Crippen molar-refractivity contribution in [1.82, 2.24) is 15.2 Å². The van der Waals surface area contributed by atoms with Crippen molar-refractivity contribution in [2.45, 2.75) is 0 Å². The number of ether oxygens (including phenoxy) is 1. The molecule has 1 amide bonds. The van der Waals surface area contributed by atoms with Gasteiger partial charge in [0.25, 0.3) is 5.91 Å². The zero-order valence-corrected chi connectivity index (χ0v) is 15.7. The molecular formula is C18H20Cl2N4O2. The lowest BCUT2D eigenvalue weighted by atomic mass is 10.2. The summed E-state index contributed by atoms with van der Waals surface area (Å²) in [5, 5.41) is 7.14. The number of carbonyl (C=O) groups excluding carboxylic acids is 1. The number of benzene rings is 1. The van der Waals surface area contributed by atoms with Crippen LogP contribution in [-0.4, -0.2) is 55.2 Å². The number of amides is 1. The van der Waals surface area contributed by atoms with E-state index < -0.39 is 0 Å². The van der Waals surface area contributed by atoms with Crippen LogP contribution in [0.2, 0.25) is 10.0 Å². The molecule has 0 unspecified atom stereocenters. The smallest absolute Gasteiger partial charge is 0.269 e. The highest BCUT2D eigenvalue weighted by Gasteiger charge is 2.12. The third-order valence-corrected chi connectivity index (χ3v) is 4.57. The Labute approximate surface area is 162 Å². The van der Waals surface area contributed by atoms with E-state index in [0.29, 0.717) is 28.0 Å². The van der Waals surface area contributed by atoms with Gasteiger partial charge in [-0.05, 0) is 30.3 Å². The topological polar surface area (TPSA) is 66.5 Å². The molecular weight excluding hydrogens is 375 g/mol. The average molecular weight is 395 g/mol. The van der Waals surface area contributed by atoms with E-state index in [1.807, 2.05) is 0 Å². The van der Waals surface area contributed by atoms with Crippen LogP contribution in [0, 0.1) is 0 Å². The van der Waals surface area contributed by atoms with Crippen molar-refractivity contribution in [3.05, 3.63) is 52.3 Å². The molecule has 1 aromatic heterocycles. The van der Waals surface area contributed by atoms with E-state index in [4.69, 9.17) is 27.9 Å². The predicted octanol–water partition coefficient (Wildman–Crippen LogP) is 3.19. The van der Waals surface area contributed by atoms with Crippen molar-refractivity contribution >= 4 is 40.5 Å². The molecule has 2 heterocycles. The summed E-state index contributed by atoms with van der Waals surface area (Å²) in [4.78, 5) is 18.7. The van der Waals surface area contributed by atoms with Crippen LogP contribution >= 0.6 is 23.2 Å². The highest BCUT2D eigenvalue weighted by molar-refractivity contribution is 6.36. The van der Waals surface area contributed by atoms with Gasteiger partial charge in [0.2, 0.25) is 0 Å². The summed E-state index contributed by atoms with van der Waals surface area (Å²) in [7, 11) is 0. The van der Waals surface area contributed by atoms with Crippen LogP contribution in [-0.2, 0) is 4.74 Å². The number of nitrogens with one attached hydrogen (secondary N) is 2. The third kappa shape index (κ3) is 5.32. The molecule has 2 aromatic rings. The van der Waals surface area contributed by atoms with E-state index in [2.05, 4.69) is 20.5 Å². The van der Waals surface area contributed by atoms with Gasteiger partial charge in [0, 0.05) is 43.1 Å². The summed E-state index contributed by atoms with van der Waals surface area (Å²) >= 11 is 12.1. The summed E-state index contributed by atoms with van der Waals surface area (Å²) in [5.41, 5.74) is 1.78. The normalized spacial score (nSPS) is 14.8. The number of hydrogen-bond donors (Lipinski definition) is 2. The number of aromatic nitrogens is 1. The molecule has 2 N–H and O–H groups in total. The highest BCUT2D eigenvalue weighted by atomic mass is 35.5. The van der Waals surface area contributed by atoms with Gasteiger partial charge in [-0.25, -0.2) is 0 Å². The first-order chi connectivity index (χ1) is 12.6. The Kier molecular flexibility index (Phi) is 6.68. The molecule has 0 spiro atoms. The quantitative estimate of drug-likeness (QED) is 0.787. The van der Waals surface area contributed by atoms with Crippen LogP contribution in [0.1, 0.15) is 10.5 Å². The highest BCUT2D eigenvalue weighted by Crippen LogP contribution is 2.28. The fourth-order valence-corrected chi connectivity index (χ4v) is 3.08. The van der Waals surface area contributed by atoms with Crippen LogP contribution in [0.3, 0.4) is 0 Å². The van der Waals surface area contributed by atoms with E-state index in [9.17, 15) is 4.79 Å². The van der Waals surface area contributed by atoms with E-state index in [-0.39, 0.29) is 5.91 Å². The van der Waals surface area contributed by atoms with E-state index >= 15 is 0 Å². The largest absolute Gasteiger partial charge is 0.379 e. The molecule has 0 radical (unpaired) electrons. The molecule has 138 valence electrons. The monoisotopic (exact) mass is 394 g/mol. The molecule has 1 aromatic carbocycles. The van der Waals surface area contributed by atoms with E-state index in [1.54, 1.807) is 36.5 Å². The fourth-order valence-electron chi connectivity index (χ4n) is 2.62. The van der Waals surface area contributed by atoms with Crippen LogP contribution in [0.5, 0.6) is 0 Å². The molecule has 6 nitrogen and oxygen atoms in total. The maximum Gasteiger partial charge on any atom is 0.269 e. The number of anilines is 2. The lowest BCUT2D eigenvalue weighted by molar-refractivity contribution is 0.0383. The van der Waals surface area contributed by atoms with Crippen molar-refractivity contribution in [1.29, 1.82) is 0 Å². The Bertz CT molecular complexity index is 767. The Balaban J connectivity index is 1.56. The van der Waals surface area contributed by atoms with Crippen LogP contribution < -0.4 is 10.6 Å². The predicted molar refractivity (Wildman–Crippen MR) is 104 cm³/mol. The second kappa shape index (κ2) is 9.19. The molecule has 0 atom stereocenters. The molecule has 1 aliphatic rings. The van der Waals surface area contributed by atoms with Gasteiger partial charge < -0.3 is 15.4 Å². The first-order valence-electron chi connectivity index (χ1n) is 8.38. The number of morpholine rings is 1. The molecule has 0 bridgehead atoms. The number of rotatable bonds is 6. The van der Waals surface area contributed by atoms with Gasteiger partial charge in [-0.2, -0.15) is 0 Å². The molecule has 3 rings (SSSR count). The molecule has 1 fully saturated rings. The molecule has 0 aliphatic carbocycles. The van der Waals surface area contributed by atoms with Gasteiger partial charge in [-0.1, -0.05) is 23.2 Å². The van der Waals surface area contributed by atoms with E-state index in [0.717, 1.165) is 38.5 Å². The second-order valence-corrected chi connectivity index (χ2v) is 6.73. The summed E-state index contributed by atoms with van der Waals surface area (Å²) in [6, 6.07) is 8.65. The Morgan fingerprint density at radius 3 is 2.77 bits per heavy atom. The standard InChI is InChI=1S/C18H20Cl2N4O2/c19-13-1-2-16(15(20)11-13)23-14-3-4-21-17(12-14)18(25)22-5-6-24-7-9-26-10-8-24/h1-4,11-12H,5-10H2,(H,21,23)(H,22,25). The molecule has 0 saturated carbocycles. The number of nitrogens with zero attached hydrogens (tertiary/aromatic N) is 2. The third-order valence-electron chi connectivity index (χ3n) is 4.02. The maximum absolute atomic E-state index is 12.3. The lowest BCUT2D eigenvalue weighted by Gasteiger charge is -2.26. The van der Waals surface area contributed by atoms with Gasteiger partial charge in [0.15, 0.2) is 0 Å². The maximum atomic E-state index is 12.3. The summed E-state index contributed by atoms with van der Waals surface area (Å²) in [6.45, 7) is 4.66. The minimum absolute atomic E-state index is 0.205. The summed E-state index contributed by atoms with van der Waals surface area (Å²) in [6.07, 6.45) is 1.59. The van der Waals surface area contributed by atoms with Crippen molar-refractivity contribution < 1.29 is 9.53 Å². The van der Waals surface area contributed by atoms with Gasteiger partial charge in [-0.3, -0.25) is 14.7 Å². The minimum atomic E-state index is -0.205. The SMILES string of the molecule is O=C(NCCN1CCOCC1)c1cc(Nc2ccc(Cl)cc2Cl)ccn1. The number of pyridine rings is 1. The molecule has 26 heavy (non-hydrogen) atoms. The first kappa shape index (κ1) is 18.9. The summed E-state index contributed by atoms with van der Waals surface area (Å²) in [5.74, 6) is -0.205.